The molecule has 0 saturated carbocycles. The van der Waals surface area contributed by atoms with Crippen molar-refractivity contribution in [1.82, 2.24) is 4.72 Å². The van der Waals surface area contributed by atoms with Gasteiger partial charge in [-0.2, -0.15) is 0 Å². The molecule has 8 heteroatoms. The number of halogens is 1. The van der Waals surface area contributed by atoms with Crippen molar-refractivity contribution in [3.63, 3.8) is 0 Å². The molecule has 1 aromatic rings. The number of hydrogen-bond acceptors (Lipinski definition) is 5. The third-order valence-electron chi connectivity index (χ3n) is 2.89. The highest BCUT2D eigenvalue weighted by Gasteiger charge is 2.22. The summed E-state index contributed by atoms with van der Waals surface area (Å²) in [7, 11) is -1.13. The molecule has 0 aliphatic heterocycles. The van der Waals surface area contributed by atoms with Gasteiger partial charge in [-0.25, -0.2) is 17.5 Å². The summed E-state index contributed by atoms with van der Waals surface area (Å²) in [4.78, 5) is -0.240. The van der Waals surface area contributed by atoms with Gasteiger partial charge in [-0.05, 0) is 18.6 Å². The summed E-state index contributed by atoms with van der Waals surface area (Å²) in [6.07, 6.45) is 1.40. The van der Waals surface area contributed by atoms with Crippen molar-refractivity contribution in [2.75, 3.05) is 26.6 Å². The number of anilines is 1. The van der Waals surface area contributed by atoms with Gasteiger partial charge in [0.05, 0.1) is 24.3 Å². The second kappa shape index (κ2) is 7.58. The van der Waals surface area contributed by atoms with Crippen LogP contribution >= 0.6 is 0 Å². The molecule has 6 nitrogen and oxygen atoms in total. The molecule has 1 atom stereocenters. The maximum atomic E-state index is 13.8. The number of nitrogens with two attached hydrogens (primary N) is 1. The smallest absolute Gasteiger partial charge is 0.241 e. The van der Waals surface area contributed by atoms with E-state index >= 15 is 0 Å². The number of hydrogen-bond donors (Lipinski definition) is 2. The van der Waals surface area contributed by atoms with Crippen LogP contribution < -0.4 is 15.2 Å². The summed E-state index contributed by atoms with van der Waals surface area (Å²) in [5.41, 5.74) is 5.52. The van der Waals surface area contributed by atoms with Crippen molar-refractivity contribution in [1.29, 1.82) is 0 Å². The average molecular weight is 320 g/mol. The van der Waals surface area contributed by atoms with E-state index in [1.807, 2.05) is 6.92 Å². The van der Waals surface area contributed by atoms with Crippen molar-refractivity contribution < 1.29 is 22.3 Å². The Kier molecular flexibility index (Phi) is 6.38. The van der Waals surface area contributed by atoms with Gasteiger partial charge in [0.2, 0.25) is 10.0 Å². The first-order chi connectivity index (χ1) is 9.85. The Bertz CT molecular complexity index is 549. The SMILES string of the molecule is CCCC(COC)NS(=O)(=O)c1cc(N)c(OC)c(F)c1. The minimum Gasteiger partial charge on any atom is -0.492 e. The Morgan fingerprint density at radius 2 is 2.05 bits per heavy atom. The van der Waals surface area contributed by atoms with Crippen molar-refractivity contribution in [2.45, 2.75) is 30.7 Å². The Labute approximate surface area is 124 Å². The summed E-state index contributed by atoms with van der Waals surface area (Å²) >= 11 is 0. The molecule has 1 rings (SSSR count). The highest BCUT2D eigenvalue weighted by atomic mass is 32.2. The fourth-order valence-corrected chi connectivity index (χ4v) is 3.27. The molecule has 0 bridgehead atoms. The molecule has 0 spiro atoms. The molecule has 1 aromatic carbocycles. The summed E-state index contributed by atoms with van der Waals surface area (Å²) in [5.74, 6) is -0.993. The summed E-state index contributed by atoms with van der Waals surface area (Å²) in [6, 6.07) is 1.67. The van der Waals surface area contributed by atoms with Crippen molar-refractivity contribution in [3.05, 3.63) is 17.9 Å². The number of nitrogen functional groups attached to an aromatic ring is 1. The first-order valence-electron chi connectivity index (χ1n) is 6.50. The van der Waals surface area contributed by atoms with Gasteiger partial charge in [-0.15, -0.1) is 0 Å². The Morgan fingerprint density at radius 3 is 2.52 bits per heavy atom. The van der Waals surface area contributed by atoms with E-state index in [1.54, 1.807) is 0 Å². The van der Waals surface area contributed by atoms with Crippen LogP contribution in [0.25, 0.3) is 0 Å². The number of benzene rings is 1. The van der Waals surface area contributed by atoms with Crippen LogP contribution in [0.5, 0.6) is 5.75 Å². The monoisotopic (exact) mass is 320 g/mol. The van der Waals surface area contributed by atoms with Crippen LogP contribution in [0, 0.1) is 5.82 Å². The molecule has 0 amide bonds. The van der Waals surface area contributed by atoms with Crippen molar-refractivity contribution in [3.8, 4) is 5.75 Å². The number of nitrogens with one attached hydrogen (secondary N) is 1. The third kappa shape index (κ3) is 4.55. The van der Waals surface area contributed by atoms with Gasteiger partial charge in [-0.3, -0.25) is 0 Å². The molecule has 0 fully saturated rings. The van der Waals surface area contributed by atoms with E-state index in [9.17, 15) is 12.8 Å². The maximum absolute atomic E-state index is 13.8. The van der Waals surface area contributed by atoms with E-state index in [1.165, 1.54) is 20.3 Å². The number of ether oxygens (including phenoxy) is 2. The average Bonchev–Trinajstić information content (AvgIpc) is 2.38. The molecule has 0 aromatic heterocycles. The molecule has 0 aliphatic carbocycles. The minimum atomic E-state index is -3.88. The van der Waals surface area contributed by atoms with Gasteiger partial charge in [0.1, 0.15) is 0 Å². The number of methoxy groups -OCH3 is 2. The first kappa shape index (κ1) is 17.7. The lowest BCUT2D eigenvalue weighted by Crippen LogP contribution is -2.38. The van der Waals surface area contributed by atoms with Crippen LogP contribution in [0.15, 0.2) is 17.0 Å². The molecule has 0 heterocycles. The lowest BCUT2D eigenvalue weighted by atomic mass is 10.2. The van der Waals surface area contributed by atoms with E-state index in [0.29, 0.717) is 6.42 Å². The van der Waals surface area contributed by atoms with E-state index in [2.05, 4.69) is 4.72 Å². The summed E-state index contributed by atoms with van der Waals surface area (Å²) in [5, 5.41) is 0. The van der Waals surface area contributed by atoms with Crippen LogP contribution in [-0.2, 0) is 14.8 Å². The fourth-order valence-electron chi connectivity index (χ4n) is 1.97. The van der Waals surface area contributed by atoms with Gasteiger partial charge in [-0.1, -0.05) is 13.3 Å². The molecular weight excluding hydrogens is 299 g/mol. The number of sulfonamides is 1. The fraction of sp³-hybridized carbons (Fsp3) is 0.538. The molecule has 21 heavy (non-hydrogen) atoms. The Morgan fingerprint density at radius 1 is 1.38 bits per heavy atom. The molecule has 120 valence electrons. The zero-order valence-electron chi connectivity index (χ0n) is 12.3. The third-order valence-corrected chi connectivity index (χ3v) is 4.39. The predicted molar refractivity (Wildman–Crippen MR) is 78.3 cm³/mol. The summed E-state index contributed by atoms with van der Waals surface area (Å²) in [6.45, 7) is 2.17. The zero-order chi connectivity index (χ0) is 16.0. The molecule has 1 unspecified atom stereocenters. The second-order valence-corrected chi connectivity index (χ2v) is 6.30. The van der Waals surface area contributed by atoms with E-state index in [-0.39, 0.29) is 29.0 Å². The lowest BCUT2D eigenvalue weighted by molar-refractivity contribution is 0.171. The highest BCUT2D eigenvalue weighted by Crippen LogP contribution is 2.28. The predicted octanol–water partition coefficient (Wildman–Crippen LogP) is 1.51. The van der Waals surface area contributed by atoms with Crippen LogP contribution in [0.2, 0.25) is 0 Å². The molecular formula is C13H21FN2O4S. The Hall–Kier alpha value is -1.38. The van der Waals surface area contributed by atoms with Gasteiger partial charge in [0, 0.05) is 13.2 Å². The largest absolute Gasteiger partial charge is 0.492 e. The highest BCUT2D eigenvalue weighted by molar-refractivity contribution is 7.89. The standard InChI is InChI=1S/C13H21FN2O4S/c1-4-5-9(8-19-2)16-21(17,18)10-6-11(14)13(20-3)12(15)7-10/h6-7,9,16H,4-5,8,15H2,1-3H3. The van der Waals surface area contributed by atoms with Crippen LogP contribution in [0.3, 0.4) is 0 Å². The normalized spacial score (nSPS) is 13.1. The second-order valence-electron chi connectivity index (χ2n) is 4.59. The summed E-state index contributed by atoms with van der Waals surface area (Å²) < 4.78 is 50.5. The van der Waals surface area contributed by atoms with E-state index < -0.39 is 15.8 Å². The minimum absolute atomic E-state index is 0.0725. The van der Waals surface area contributed by atoms with Crippen LogP contribution in [-0.4, -0.2) is 35.3 Å². The van der Waals surface area contributed by atoms with Crippen molar-refractivity contribution >= 4 is 15.7 Å². The molecule has 0 radical (unpaired) electrons. The molecule has 3 N–H and O–H groups in total. The first-order valence-corrected chi connectivity index (χ1v) is 7.98. The van der Waals surface area contributed by atoms with E-state index in [4.69, 9.17) is 15.2 Å². The van der Waals surface area contributed by atoms with Crippen LogP contribution in [0.1, 0.15) is 19.8 Å². The quantitative estimate of drug-likeness (QED) is 0.709. The maximum Gasteiger partial charge on any atom is 0.241 e. The van der Waals surface area contributed by atoms with Crippen molar-refractivity contribution in [2.24, 2.45) is 0 Å². The van der Waals surface area contributed by atoms with Gasteiger partial charge in [0.25, 0.3) is 0 Å². The van der Waals surface area contributed by atoms with Crippen LogP contribution in [0.4, 0.5) is 10.1 Å². The van der Waals surface area contributed by atoms with E-state index in [0.717, 1.165) is 12.5 Å². The van der Waals surface area contributed by atoms with Gasteiger partial charge < -0.3 is 15.2 Å². The zero-order valence-corrected chi connectivity index (χ0v) is 13.2. The topological polar surface area (TPSA) is 90.7 Å². The number of rotatable bonds is 8. The molecule has 0 aliphatic rings. The Balaban J connectivity index is 3.07. The lowest BCUT2D eigenvalue weighted by Gasteiger charge is -2.18. The molecule has 0 saturated heterocycles. The van der Waals surface area contributed by atoms with Gasteiger partial charge >= 0.3 is 0 Å². The van der Waals surface area contributed by atoms with Gasteiger partial charge in [0.15, 0.2) is 11.6 Å².